The van der Waals surface area contributed by atoms with Crippen LogP contribution in [-0.4, -0.2) is 16.3 Å². The smallest absolute Gasteiger partial charge is 0.370 e. The lowest BCUT2D eigenvalue weighted by Gasteiger charge is -2.09. The summed E-state index contributed by atoms with van der Waals surface area (Å²) in [5, 5.41) is 7.92. The molecule has 0 atom stereocenters. The fourth-order valence-corrected chi connectivity index (χ4v) is 3.35. The fourth-order valence-electron chi connectivity index (χ4n) is 3.35. The van der Waals surface area contributed by atoms with Gasteiger partial charge in [-0.05, 0) is 55.7 Å². The highest BCUT2D eigenvalue weighted by atomic mass is 19.4. The molecule has 0 saturated heterocycles. The zero-order valence-corrected chi connectivity index (χ0v) is 14.4. The lowest BCUT2D eigenvalue weighted by atomic mass is 10.0. The van der Waals surface area contributed by atoms with Gasteiger partial charge in [0.2, 0.25) is 0 Å². The van der Waals surface area contributed by atoms with Crippen LogP contribution in [0.15, 0.2) is 48.5 Å². The fraction of sp³-hybridized carbons (Fsp3) is 0.250. The predicted octanol–water partition coefficient (Wildman–Crippen LogP) is 5.45. The van der Waals surface area contributed by atoms with Gasteiger partial charge >= 0.3 is 6.18 Å². The van der Waals surface area contributed by atoms with Crippen LogP contribution in [-0.2, 0) is 12.6 Å². The molecule has 7 heteroatoms. The largest absolute Gasteiger partial charge is 0.416 e. The van der Waals surface area contributed by atoms with Crippen LogP contribution in [0.25, 0.3) is 16.9 Å². The maximum absolute atomic E-state index is 13.3. The zero-order chi connectivity index (χ0) is 19.0. The van der Waals surface area contributed by atoms with E-state index in [0.717, 1.165) is 49.3 Å². The summed E-state index contributed by atoms with van der Waals surface area (Å²) >= 11 is 0. The summed E-state index contributed by atoms with van der Waals surface area (Å²) < 4.78 is 54.3. The maximum Gasteiger partial charge on any atom is 0.416 e. The lowest BCUT2D eigenvalue weighted by Crippen LogP contribution is -2.07. The van der Waals surface area contributed by atoms with E-state index in [1.54, 1.807) is 22.9 Å². The molecule has 2 heterocycles. The van der Waals surface area contributed by atoms with Crippen molar-refractivity contribution >= 4 is 5.82 Å². The molecule has 0 bridgehead atoms. The topological polar surface area (TPSA) is 29.9 Å². The van der Waals surface area contributed by atoms with E-state index >= 15 is 0 Å². The molecule has 0 fully saturated rings. The number of nitrogens with one attached hydrogen (secondary N) is 1. The number of fused-ring (bicyclic) bond motifs is 1. The van der Waals surface area contributed by atoms with Crippen molar-refractivity contribution in [2.24, 2.45) is 0 Å². The Kier molecular flexibility index (Phi) is 4.37. The first-order valence-electron chi connectivity index (χ1n) is 8.73. The van der Waals surface area contributed by atoms with E-state index in [-0.39, 0.29) is 5.82 Å². The predicted molar refractivity (Wildman–Crippen MR) is 95.4 cm³/mol. The van der Waals surface area contributed by atoms with Gasteiger partial charge in [-0.2, -0.15) is 18.3 Å². The van der Waals surface area contributed by atoms with Crippen LogP contribution in [0.3, 0.4) is 0 Å². The molecule has 27 heavy (non-hydrogen) atoms. The van der Waals surface area contributed by atoms with Crippen molar-refractivity contribution in [3.63, 3.8) is 0 Å². The Labute approximate surface area is 153 Å². The lowest BCUT2D eigenvalue weighted by molar-refractivity contribution is -0.137. The van der Waals surface area contributed by atoms with Gasteiger partial charge in [-0.1, -0.05) is 12.1 Å². The number of aromatic nitrogens is 2. The van der Waals surface area contributed by atoms with Gasteiger partial charge < -0.3 is 5.32 Å². The Morgan fingerprint density at radius 1 is 1.00 bits per heavy atom. The highest BCUT2D eigenvalue weighted by Gasteiger charge is 2.31. The Balaban J connectivity index is 1.88. The van der Waals surface area contributed by atoms with E-state index in [2.05, 4.69) is 10.4 Å². The molecule has 0 radical (unpaired) electrons. The number of halogens is 4. The summed E-state index contributed by atoms with van der Waals surface area (Å²) in [7, 11) is 0. The number of alkyl halides is 3. The minimum Gasteiger partial charge on any atom is -0.370 e. The van der Waals surface area contributed by atoms with E-state index < -0.39 is 11.7 Å². The van der Waals surface area contributed by atoms with Gasteiger partial charge in [-0.25, -0.2) is 9.07 Å². The van der Waals surface area contributed by atoms with Gasteiger partial charge in [0.05, 0.1) is 16.9 Å². The van der Waals surface area contributed by atoms with Crippen LogP contribution in [0.2, 0.25) is 0 Å². The highest BCUT2D eigenvalue weighted by Crippen LogP contribution is 2.36. The standard InChI is InChI=1S/C20H17F4N3/c21-15-7-9-16(10-8-15)27-19-17(6-1-2-11-25-19)18(26-27)13-4-3-5-14(12-13)20(22,23)24/h3-5,7-10,12,25H,1-2,6,11H2. The molecule has 140 valence electrons. The Hall–Kier alpha value is -2.83. The monoisotopic (exact) mass is 375 g/mol. The molecule has 4 rings (SSSR count). The minimum atomic E-state index is -4.41. The third-order valence-corrected chi connectivity index (χ3v) is 4.66. The Bertz CT molecular complexity index is 958. The first-order chi connectivity index (χ1) is 12.9. The Morgan fingerprint density at radius 3 is 2.52 bits per heavy atom. The SMILES string of the molecule is Fc1ccc(-n2nc(-c3cccc(C(F)(F)F)c3)c3c2NCCCC3)cc1. The van der Waals surface area contributed by atoms with Crippen molar-refractivity contribution in [1.82, 2.24) is 9.78 Å². The van der Waals surface area contributed by atoms with Crippen molar-refractivity contribution in [2.45, 2.75) is 25.4 Å². The molecule has 1 N–H and O–H groups in total. The van der Waals surface area contributed by atoms with Crippen LogP contribution < -0.4 is 5.32 Å². The number of hydrogen-bond donors (Lipinski definition) is 1. The van der Waals surface area contributed by atoms with Crippen LogP contribution in [0.5, 0.6) is 0 Å². The normalized spacial score (nSPS) is 14.4. The first kappa shape index (κ1) is 17.6. The van der Waals surface area contributed by atoms with Crippen molar-refractivity contribution in [3.8, 4) is 16.9 Å². The van der Waals surface area contributed by atoms with Crippen LogP contribution in [0, 0.1) is 5.82 Å². The van der Waals surface area contributed by atoms with Crippen LogP contribution in [0.4, 0.5) is 23.4 Å². The molecule has 0 amide bonds. The summed E-state index contributed by atoms with van der Waals surface area (Å²) in [5.41, 5.74) is 1.78. The molecule has 1 aliphatic rings. The van der Waals surface area contributed by atoms with Gasteiger partial charge in [-0.15, -0.1) is 0 Å². The maximum atomic E-state index is 13.3. The molecule has 1 aromatic heterocycles. The summed E-state index contributed by atoms with van der Waals surface area (Å²) in [6.07, 6.45) is -1.82. The van der Waals surface area contributed by atoms with E-state index in [4.69, 9.17) is 0 Å². The van der Waals surface area contributed by atoms with Crippen LogP contribution in [0.1, 0.15) is 24.0 Å². The van der Waals surface area contributed by atoms with Crippen molar-refractivity contribution in [1.29, 1.82) is 0 Å². The molecule has 1 aliphatic heterocycles. The van der Waals surface area contributed by atoms with E-state index in [0.29, 0.717) is 16.9 Å². The van der Waals surface area contributed by atoms with E-state index in [9.17, 15) is 17.6 Å². The van der Waals surface area contributed by atoms with Gasteiger partial charge in [0.15, 0.2) is 0 Å². The molecule has 3 aromatic rings. The Morgan fingerprint density at radius 2 is 1.78 bits per heavy atom. The molecular formula is C20H17F4N3. The molecule has 0 unspecified atom stereocenters. The zero-order valence-electron chi connectivity index (χ0n) is 14.4. The van der Waals surface area contributed by atoms with E-state index in [1.165, 1.54) is 18.2 Å². The van der Waals surface area contributed by atoms with Crippen molar-refractivity contribution in [3.05, 3.63) is 65.5 Å². The average Bonchev–Trinajstić information content (AvgIpc) is 2.83. The summed E-state index contributed by atoms with van der Waals surface area (Å²) in [4.78, 5) is 0. The minimum absolute atomic E-state index is 0.358. The van der Waals surface area contributed by atoms with Crippen molar-refractivity contribution in [2.75, 3.05) is 11.9 Å². The molecular weight excluding hydrogens is 358 g/mol. The average molecular weight is 375 g/mol. The second kappa shape index (κ2) is 6.72. The van der Waals surface area contributed by atoms with Crippen LogP contribution >= 0.6 is 0 Å². The van der Waals surface area contributed by atoms with Crippen molar-refractivity contribution < 1.29 is 17.6 Å². The second-order valence-corrected chi connectivity index (χ2v) is 6.53. The third-order valence-electron chi connectivity index (χ3n) is 4.66. The summed E-state index contributed by atoms with van der Waals surface area (Å²) in [5.74, 6) is 0.398. The van der Waals surface area contributed by atoms with Gasteiger partial charge in [0.25, 0.3) is 0 Å². The molecule has 3 nitrogen and oxygen atoms in total. The quantitative estimate of drug-likeness (QED) is 0.604. The molecule has 0 aliphatic carbocycles. The number of hydrogen-bond acceptors (Lipinski definition) is 2. The number of benzene rings is 2. The molecule has 0 saturated carbocycles. The van der Waals surface area contributed by atoms with Gasteiger partial charge in [-0.3, -0.25) is 0 Å². The van der Waals surface area contributed by atoms with Gasteiger partial charge in [0.1, 0.15) is 11.6 Å². The van der Waals surface area contributed by atoms with Gasteiger partial charge in [0, 0.05) is 17.7 Å². The first-order valence-corrected chi connectivity index (χ1v) is 8.73. The summed E-state index contributed by atoms with van der Waals surface area (Å²) in [6.45, 7) is 0.752. The summed E-state index contributed by atoms with van der Waals surface area (Å²) in [6, 6.07) is 11.1. The highest BCUT2D eigenvalue weighted by molar-refractivity contribution is 5.71. The third kappa shape index (κ3) is 3.41. The second-order valence-electron chi connectivity index (χ2n) is 6.53. The molecule has 2 aromatic carbocycles. The van der Waals surface area contributed by atoms with E-state index in [1.807, 2.05) is 0 Å². The number of nitrogens with zero attached hydrogens (tertiary/aromatic N) is 2. The number of rotatable bonds is 2. The number of anilines is 1. The molecule has 0 spiro atoms.